The Kier molecular flexibility index (Phi) is 4.92. The first kappa shape index (κ1) is 18.1. The monoisotopic (exact) mass is 400 g/mol. The lowest BCUT2D eigenvalue weighted by Crippen LogP contribution is -2.06. The van der Waals surface area contributed by atoms with E-state index in [1.165, 1.54) is 0 Å². The molecule has 0 radical (unpaired) electrons. The summed E-state index contributed by atoms with van der Waals surface area (Å²) in [5.74, 6) is 1.93. The fourth-order valence-electron chi connectivity index (χ4n) is 3.43. The van der Waals surface area contributed by atoms with Gasteiger partial charge in [0.05, 0.1) is 15.8 Å². The van der Waals surface area contributed by atoms with Crippen molar-refractivity contribution in [2.24, 2.45) is 7.05 Å². The summed E-state index contributed by atoms with van der Waals surface area (Å²) in [5.41, 5.74) is 4.86. The summed E-state index contributed by atoms with van der Waals surface area (Å²) in [6, 6.07) is 11.2. The maximum atomic E-state index is 11.3. The summed E-state index contributed by atoms with van der Waals surface area (Å²) in [4.78, 5) is 4.84. The predicted molar refractivity (Wildman–Crippen MR) is 109 cm³/mol. The van der Waals surface area contributed by atoms with Crippen LogP contribution in [-0.4, -0.2) is 35.5 Å². The molecule has 0 saturated heterocycles. The molecule has 0 amide bonds. The van der Waals surface area contributed by atoms with E-state index in [1.807, 2.05) is 54.7 Å². The Labute approximate surface area is 164 Å². The Morgan fingerprint density at radius 2 is 2.11 bits per heavy atom. The zero-order valence-electron chi connectivity index (χ0n) is 15.0. The van der Waals surface area contributed by atoms with Gasteiger partial charge in [-0.15, -0.1) is 11.8 Å². The number of hydrogen-bond donors (Lipinski definition) is 2. The summed E-state index contributed by atoms with van der Waals surface area (Å²) >= 11 is 1.84. The number of hydrogen-bond acceptors (Lipinski definition) is 6. The van der Waals surface area contributed by atoms with Gasteiger partial charge in [0.2, 0.25) is 0 Å². The highest BCUT2D eigenvalue weighted by molar-refractivity contribution is 7.99. The van der Waals surface area contributed by atoms with E-state index in [0.717, 1.165) is 46.2 Å². The molecule has 1 aliphatic heterocycles. The minimum Gasteiger partial charge on any atom is -0.369 e. The molecule has 4 rings (SSSR count). The third-order valence-electron chi connectivity index (χ3n) is 4.68. The molecule has 1 unspecified atom stereocenters. The van der Waals surface area contributed by atoms with Gasteiger partial charge in [0.1, 0.15) is 11.5 Å². The summed E-state index contributed by atoms with van der Waals surface area (Å²) in [6.45, 7) is 2.81. The second-order valence-corrected chi connectivity index (χ2v) is 8.67. The van der Waals surface area contributed by atoms with Crippen LogP contribution in [0.5, 0.6) is 0 Å². The molecule has 0 saturated carbocycles. The van der Waals surface area contributed by atoms with E-state index >= 15 is 0 Å². The third kappa shape index (κ3) is 3.35. The molecule has 2 aromatic heterocycles. The first-order chi connectivity index (χ1) is 13.1. The number of fused-ring (bicyclic) bond motifs is 1. The molecule has 1 N–H and O–H groups in total. The highest BCUT2D eigenvalue weighted by Crippen LogP contribution is 2.46. The fourth-order valence-corrected chi connectivity index (χ4v) is 5.22. The lowest BCUT2D eigenvalue weighted by atomic mass is 9.98. The van der Waals surface area contributed by atoms with E-state index in [1.54, 1.807) is 18.3 Å². The topological polar surface area (TPSA) is 76.9 Å². The van der Waals surface area contributed by atoms with Crippen LogP contribution in [0.3, 0.4) is 0 Å². The molecule has 0 fully saturated rings. The number of anilines is 1. The van der Waals surface area contributed by atoms with Gasteiger partial charge < -0.3 is 5.32 Å². The Morgan fingerprint density at radius 1 is 1.26 bits per heavy atom. The first-order valence-corrected chi connectivity index (χ1v) is 10.9. The molecule has 6 nitrogen and oxygen atoms in total. The van der Waals surface area contributed by atoms with Gasteiger partial charge in [0.15, 0.2) is 10.7 Å². The first-order valence-electron chi connectivity index (χ1n) is 8.65. The van der Waals surface area contributed by atoms with Crippen molar-refractivity contribution in [3.63, 3.8) is 0 Å². The highest BCUT2D eigenvalue weighted by atomic mass is 32.2. The number of pyridine rings is 1. The van der Waals surface area contributed by atoms with Gasteiger partial charge in [-0.05, 0) is 42.3 Å². The molecule has 1 aromatic carbocycles. The van der Waals surface area contributed by atoms with Crippen LogP contribution in [-0.2, 0) is 17.8 Å². The second-order valence-electron chi connectivity index (χ2n) is 6.43. The molecule has 0 spiro atoms. The van der Waals surface area contributed by atoms with Gasteiger partial charge in [-0.2, -0.15) is 5.10 Å². The van der Waals surface area contributed by atoms with Crippen LogP contribution in [0, 0.1) is 6.92 Å². The Bertz CT molecular complexity index is 1050. The number of aryl methyl sites for hydroxylation is 2. The van der Waals surface area contributed by atoms with Crippen molar-refractivity contribution in [2.45, 2.75) is 17.1 Å². The third-order valence-corrected chi connectivity index (χ3v) is 6.64. The Hall–Kier alpha value is -2.32. The summed E-state index contributed by atoms with van der Waals surface area (Å²) in [7, 11) is -0.649. The molecule has 0 aliphatic carbocycles. The van der Waals surface area contributed by atoms with Gasteiger partial charge in [0.25, 0.3) is 0 Å². The molecular weight excluding hydrogens is 380 g/mol. The quantitative estimate of drug-likeness (QED) is 0.658. The second kappa shape index (κ2) is 7.36. The Morgan fingerprint density at radius 3 is 2.81 bits per heavy atom. The average molecular weight is 401 g/mol. The molecule has 1 atom stereocenters. The van der Waals surface area contributed by atoms with Crippen LogP contribution in [0.1, 0.15) is 21.9 Å². The number of aromatic nitrogens is 3. The molecule has 3 aromatic rings. The number of nitrogens with one attached hydrogen (secondary N) is 1. The van der Waals surface area contributed by atoms with Crippen LogP contribution in [0.2, 0.25) is 0 Å². The highest BCUT2D eigenvalue weighted by Gasteiger charge is 2.30. The fraction of sp³-hybridized carbons (Fsp3) is 0.263. The number of rotatable bonds is 3. The van der Waals surface area contributed by atoms with E-state index in [9.17, 15) is 8.42 Å². The van der Waals surface area contributed by atoms with Gasteiger partial charge >= 0.3 is 0 Å². The standard InChI is InChI=1S/C19H20N4O2S2/c1-12-11-13(27(24)25)6-7-14(12)18-16-17(15-5-3-4-8-20-15)22-23(2)19(16)21-9-10-26-18/h3-8,11,18,21,27H,9-10H2,1-2H3. The summed E-state index contributed by atoms with van der Waals surface area (Å²) < 4.78 is 24.5. The maximum absolute atomic E-state index is 11.3. The summed E-state index contributed by atoms with van der Waals surface area (Å²) in [5, 5.41) is 8.28. The van der Waals surface area contributed by atoms with Gasteiger partial charge in [-0.25, -0.2) is 8.42 Å². The number of thioether (sulfide) groups is 1. The number of thiol groups is 1. The number of benzene rings is 1. The molecule has 1 aliphatic rings. The molecular formula is C19H20N4O2S2. The minimum absolute atomic E-state index is 0.0549. The van der Waals surface area contributed by atoms with Gasteiger partial charge in [0, 0.05) is 31.1 Å². The largest absolute Gasteiger partial charge is 0.369 e. The van der Waals surface area contributed by atoms with E-state index in [2.05, 4.69) is 10.3 Å². The van der Waals surface area contributed by atoms with Crippen molar-refractivity contribution < 1.29 is 8.42 Å². The molecule has 27 heavy (non-hydrogen) atoms. The van der Waals surface area contributed by atoms with Crippen molar-refractivity contribution in [3.05, 3.63) is 59.3 Å². The molecule has 8 heteroatoms. The number of nitrogens with zero attached hydrogens (tertiary/aromatic N) is 3. The smallest absolute Gasteiger partial charge is 0.168 e. The molecule has 3 heterocycles. The van der Waals surface area contributed by atoms with E-state index in [-0.39, 0.29) is 5.25 Å². The zero-order chi connectivity index (χ0) is 19.0. The molecule has 140 valence electrons. The normalized spacial score (nSPS) is 16.6. The van der Waals surface area contributed by atoms with E-state index in [0.29, 0.717) is 4.90 Å². The van der Waals surface area contributed by atoms with Crippen molar-refractivity contribution in [1.29, 1.82) is 0 Å². The molecule has 0 bridgehead atoms. The Balaban J connectivity index is 1.90. The SMILES string of the molecule is Cc1cc([SH](=O)=O)ccc1C1SCCNc2c1c(-c1ccccn1)nn2C. The lowest BCUT2D eigenvalue weighted by Gasteiger charge is -2.18. The lowest BCUT2D eigenvalue weighted by molar-refractivity contribution is 0.614. The minimum atomic E-state index is -2.58. The average Bonchev–Trinajstić information content (AvgIpc) is 2.85. The van der Waals surface area contributed by atoms with Crippen molar-refractivity contribution >= 4 is 28.3 Å². The summed E-state index contributed by atoms with van der Waals surface area (Å²) in [6.07, 6.45) is 1.77. The zero-order valence-corrected chi connectivity index (χ0v) is 16.8. The van der Waals surface area contributed by atoms with Crippen LogP contribution in [0.4, 0.5) is 5.82 Å². The van der Waals surface area contributed by atoms with Crippen LogP contribution >= 0.6 is 11.8 Å². The van der Waals surface area contributed by atoms with Crippen molar-refractivity contribution in [3.8, 4) is 11.4 Å². The van der Waals surface area contributed by atoms with E-state index < -0.39 is 10.7 Å². The van der Waals surface area contributed by atoms with Crippen LogP contribution in [0.25, 0.3) is 11.4 Å². The maximum Gasteiger partial charge on any atom is 0.168 e. The van der Waals surface area contributed by atoms with E-state index in [4.69, 9.17) is 5.10 Å². The van der Waals surface area contributed by atoms with Crippen LogP contribution in [0.15, 0.2) is 47.5 Å². The van der Waals surface area contributed by atoms with Crippen molar-refractivity contribution in [1.82, 2.24) is 14.8 Å². The van der Waals surface area contributed by atoms with Crippen LogP contribution < -0.4 is 5.32 Å². The predicted octanol–water partition coefficient (Wildman–Crippen LogP) is 3.01. The van der Waals surface area contributed by atoms with Crippen molar-refractivity contribution in [2.75, 3.05) is 17.6 Å². The van der Waals surface area contributed by atoms with Gasteiger partial charge in [-0.1, -0.05) is 12.1 Å². The van der Waals surface area contributed by atoms with Gasteiger partial charge in [-0.3, -0.25) is 9.67 Å².